The first-order valence-corrected chi connectivity index (χ1v) is 5.27. The van der Waals surface area contributed by atoms with Gasteiger partial charge in [0.2, 0.25) is 0 Å². The van der Waals surface area contributed by atoms with Gasteiger partial charge in [-0.05, 0) is 41.9 Å². The number of halogens is 4. The first-order chi connectivity index (χ1) is 7.20. The van der Waals surface area contributed by atoms with Crippen molar-refractivity contribution in [1.82, 2.24) is 4.98 Å². The molecule has 0 atom stereocenters. The second kappa shape index (κ2) is 4.24. The van der Waals surface area contributed by atoms with Crippen LogP contribution in [0.4, 0.5) is 13.2 Å². The fraction of sp³-hybridized carbons (Fsp3) is 0.500. The number of rotatable bonds is 2. The molecule has 0 radical (unpaired) electrons. The second-order valence-electron chi connectivity index (χ2n) is 3.81. The summed E-state index contributed by atoms with van der Waals surface area (Å²) in [6.45, 7) is 2.18. The van der Waals surface area contributed by atoms with Crippen LogP contribution < -0.4 is 4.74 Å². The molecule has 1 heterocycles. The minimum absolute atomic E-state index is 0.0484. The molecule has 0 aliphatic rings. The third-order valence-corrected chi connectivity index (χ3v) is 2.95. The van der Waals surface area contributed by atoms with E-state index in [0.717, 1.165) is 13.8 Å². The van der Waals surface area contributed by atoms with Crippen molar-refractivity contribution in [2.45, 2.75) is 25.4 Å². The Balaban J connectivity index is 3.20. The van der Waals surface area contributed by atoms with E-state index in [1.165, 1.54) is 19.2 Å². The Labute approximate surface area is 100.0 Å². The Morgan fingerprint density at radius 3 is 2.19 bits per heavy atom. The standard InChI is InChI=1S/C10H11BrF3NO/c1-9(2,10(12,13)14)7-5-4-6(16-3)8(11)15-7/h4-5H,1-3H3. The van der Waals surface area contributed by atoms with Crippen molar-refractivity contribution in [3.8, 4) is 5.75 Å². The molecule has 6 heteroatoms. The molecule has 16 heavy (non-hydrogen) atoms. The summed E-state index contributed by atoms with van der Waals surface area (Å²) in [5, 5.41) is 0. The molecule has 0 aliphatic heterocycles. The largest absolute Gasteiger partial charge is 0.494 e. The molecule has 0 saturated heterocycles. The Morgan fingerprint density at radius 2 is 1.81 bits per heavy atom. The van der Waals surface area contributed by atoms with Crippen LogP contribution in [0.25, 0.3) is 0 Å². The normalized spacial score (nSPS) is 12.7. The third-order valence-electron chi connectivity index (χ3n) is 2.38. The van der Waals surface area contributed by atoms with E-state index < -0.39 is 11.6 Å². The van der Waals surface area contributed by atoms with Crippen molar-refractivity contribution in [1.29, 1.82) is 0 Å². The first-order valence-electron chi connectivity index (χ1n) is 4.48. The maximum atomic E-state index is 12.7. The third kappa shape index (κ3) is 2.31. The number of pyridine rings is 1. The van der Waals surface area contributed by atoms with Crippen LogP contribution in [0.5, 0.6) is 5.75 Å². The van der Waals surface area contributed by atoms with Crippen LogP contribution in [0.2, 0.25) is 0 Å². The summed E-state index contributed by atoms with van der Waals surface area (Å²) in [6, 6.07) is 2.77. The Bertz CT molecular complexity index is 390. The highest BCUT2D eigenvalue weighted by molar-refractivity contribution is 9.10. The fourth-order valence-corrected chi connectivity index (χ4v) is 1.55. The molecule has 0 aliphatic carbocycles. The highest BCUT2D eigenvalue weighted by atomic mass is 79.9. The summed E-state index contributed by atoms with van der Waals surface area (Å²) in [5.74, 6) is 0.404. The zero-order valence-corrected chi connectivity index (χ0v) is 10.6. The molecule has 2 nitrogen and oxygen atoms in total. The molecule has 0 saturated carbocycles. The minimum atomic E-state index is -4.34. The molecule has 1 aromatic heterocycles. The predicted octanol–water partition coefficient (Wildman–Crippen LogP) is 3.69. The van der Waals surface area contributed by atoms with Crippen LogP contribution in [0.3, 0.4) is 0 Å². The summed E-state index contributed by atoms with van der Waals surface area (Å²) >= 11 is 3.06. The maximum Gasteiger partial charge on any atom is 0.399 e. The van der Waals surface area contributed by atoms with E-state index in [-0.39, 0.29) is 10.3 Å². The predicted molar refractivity (Wildman–Crippen MR) is 57.6 cm³/mol. The number of aromatic nitrogens is 1. The highest BCUT2D eigenvalue weighted by Gasteiger charge is 2.49. The summed E-state index contributed by atoms with van der Waals surface area (Å²) in [7, 11) is 1.43. The van der Waals surface area contributed by atoms with Crippen molar-refractivity contribution >= 4 is 15.9 Å². The van der Waals surface area contributed by atoms with Crippen molar-refractivity contribution in [2.75, 3.05) is 7.11 Å². The molecule has 90 valence electrons. The van der Waals surface area contributed by atoms with Crippen LogP contribution in [0.15, 0.2) is 16.7 Å². The lowest BCUT2D eigenvalue weighted by molar-refractivity contribution is -0.181. The number of hydrogen-bond donors (Lipinski definition) is 0. The zero-order chi connectivity index (χ0) is 12.6. The van der Waals surface area contributed by atoms with Crippen LogP contribution in [-0.2, 0) is 5.41 Å². The lowest BCUT2D eigenvalue weighted by atomic mass is 9.88. The van der Waals surface area contributed by atoms with Crippen molar-refractivity contribution in [2.24, 2.45) is 0 Å². The number of nitrogens with zero attached hydrogens (tertiary/aromatic N) is 1. The van der Waals surface area contributed by atoms with E-state index in [4.69, 9.17) is 4.74 Å². The van der Waals surface area contributed by atoms with Crippen LogP contribution in [-0.4, -0.2) is 18.3 Å². The number of methoxy groups -OCH3 is 1. The lowest BCUT2D eigenvalue weighted by Crippen LogP contribution is -2.37. The molecular weight excluding hydrogens is 287 g/mol. The molecular formula is C10H11BrF3NO. The van der Waals surface area contributed by atoms with E-state index in [2.05, 4.69) is 20.9 Å². The SMILES string of the molecule is COc1ccc(C(C)(C)C(F)(F)F)nc1Br. The van der Waals surface area contributed by atoms with Gasteiger partial charge in [0.25, 0.3) is 0 Å². The van der Waals surface area contributed by atoms with Crippen molar-refractivity contribution in [3.05, 3.63) is 22.4 Å². The van der Waals surface area contributed by atoms with Gasteiger partial charge in [-0.25, -0.2) is 4.98 Å². The monoisotopic (exact) mass is 297 g/mol. The summed E-state index contributed by atoms with van der Waals surface area (Å²) in [4.78, 5) is 3.85. The number of alkyl halides is 3. The summed E-state index contributed by atoms with van der Waals surface area (Å²) in [5.41, 5.74) is -2.03. The summed E-state index contributed by atoms with van der Waals surface area (Å²) < 4.78 is 43.4. The Morgan fingerprint density at radius 1 is 1.25 bits per heavy atom. The van der Waals surface area contributed by atoms with Crippen LogP contribution in [0.1, 0.15) is 19.5 Å². The molecule has 0 unspecified atom stereocenters. The van der Waals surface area contributed by atoms with Gasteiger partial charge in [-0.15, -0.1) is 0 Å². The van der Waals surface area contributed by atoms with E-state index in [1.54, 1.807) is 0 Å². The van der Waals surface area contributed by atoms with E-state index in [9.17, 15) is 13.2 Å². The summed E-state index contributed by atoms with van der Waals surface area (Å²) in [6.07, 6.45) is -4.34. The Hall–Kier alpha value is -0.780. The number of hydrogen-bond acceptors (Lipinski definition) is 2. The Kier molecular flexibility index (Phi) is 3.52. The van der Waals surface area contributed by atoms with Gasteiger partial charge in [0.15, 0.2) is 5.75 Å². The first kappa shape index (κ1) is 13.3. The van der Waals surface area contributed by atoms with Crippen LogP contribution >= 0.6 is 15.9 Å². The molecule has 1 aromatic rings. The van der Waals surface area contributed by atoms with E-state index >= 15 is 0 Å². The smallest absolute Gasteiger partial charge is 0.399 e. The van der Waals surface area contributed by atoms with Crippen LogP contribution in [0, 0.1) is 0 Å². The molecule has 0 fully saturated rings. The number of ether oxygens (including phenoxy) is 1. The molecule has 0 N–H and O–H groups in total. The topological polar surface area (TPSA) is 22.1 Å². The molecule has 0 bridgehead atoms. The second-order valence-corrected chi connectivity index (χ2v) is 4.56. The van der Waals surface area contributed by atoms with Gasteiger partial charge in [-0.1, -0.05) is 0 Å². The van der Waals surface area contributed by atoms with Gasteiger partial charge in [0.05, 0.1) is 12.8 Å². The van der Waals surface area contributed by atoms with Crippen molar-refractivity contribution in [3.63, 3.8) is 0 Å². The molecule has 1 rings (SSSR count). The van der Waals surface area contributed by atoms with Gasteiger partial charge in [-0.2, -0.15) is 13.2 Å². The van der Waals surface area contributed by atoms with E-state index in [0.29, 0.717) is 5.75 Å². The average Bonchev–Trinajstić information content (AvgIpc) is 2.15. The maximum absolute atomic E-state index is 12.7. The van der Waals surface area contributed by atoms with Gasteiger partial charge in [0.1, 0.15) is 10.0 Å². The van der Waals surface area contributed by atoms with Gasteiger partial charge < -0.3 is 4.74 Å². The zero-order valence-electron chi connectivity index (χ0n) is 9.02. The van der Waals surface area contributed by atoms with Gasteiger partial charge in [0, 0.05) is 0 Å². The van der Waals surface area contributed by atoms with Gasteiger partial charge >= 0.3 is 6.18 Å². The molecule has 0 amide bonds. The lowest BCUT2D eigenvalue weighted by Gasteiger charge is -2.27. The fourth-order valence-electron chi connectivity index (χ4n) is 1.07. The quantitative estimate of drug-likeness (QED) is 0.777. The van der Waals surface area contributed by atoms with E-state index in [1.807, 2.05) is 0 Å². The average molecular weight is 298 g/mol. The molecule has 0 aromatic carbocycles. The highest BCUT2D eigenvalue weighted by Crippen LogP contribution is 2.40. The van der Waals surface area contributed by atoms with Gasteiger partial charge in [-0.3, -0.25) is 0 Å². The molecule has 0 spiro atoms. The van der Waals surface area contributed by atoms with Crippen molar-refractivity contribution < 1.29 is 17.9 Å². The minimum Gasteiger partial charge on any atom is -0.494 e.